The molecule has 2 heterocycles. The fourth-order valence-electron chi connectivity index (χ4n) is 3.72. The highest BCUT2D eigenvalue weighted by molar-refractivity contribution is 5.64. The molecule has 8 nitrogen and oxygen atoms in total. The molecule has 2 aliphatic rings. The Balaban J connectivity index is 0.000000858. The molecular weight excluding hydrogens is 397 g/mol. The van der Waals surface area contributed by atoms with Crippen LogP contribution in [0.4, 0.5) is 27.5 Å². The first kappa shape index (κ1) is 22.5. The molecule has 0 radical (unpaired) electrons. The average molecular weight is 428 g/mol. The minimum atomic E-state index is -0.438. The third-order valence-electron chi connectivity index (χ3n) is 5.38. The average Bonchev–Trinajstić information content (AvgIpc) is 3.25. The van der Waals surface area contributed by atoms with Crippen molar-refractivity contribution >= 4 is 29.6 Å². The van der Waals surface area contributed by atoms with E-state index < -0.39 is 5.82 Å². The number of piperazine rings is 1. The van der Waals surface area contributed by atoms with Crippen molar-refractivity contribution in [2.45, 2.75) is 25.8 Å². The number of primary amides is 1. The van der Waals surface area contributed by atoms with Crippen LogP contribution in [0, 0.1) is 12.7 Å². The van der Waals surface area contributed by atoms with Gasteiger partial charge >= 0.3 is 0 Å². The van der Waals surface area contributed by atoms with Gasteiger partial charge in [0.2, 0.25) is 12.4 Å². The Morgan fingerprint density at radius 3 is 2.65 bits per heavy atom. The Hall–Kier alpha value is -3.20. The molecule has 0 spiro atoms. The first-order valence-corrected chi connectivity index (χ1v) is 10.4. The highest BCUT2D eigenvalue weighted by Gasteiger charge is 2.17. The molecule has 1 aliphatic heterocycles. The molecule has 1 atom stereocenters. The zero-order valence-electron chi connectivity index (χ0n) is 18.0. The number of anilines is 4. The highest BCUT2D eigenvalue weighted by Crippen LogP contribution is 2.26. The van der Waals surface area contributed by atoms with E-state index in [4.69, 9.17) is 4.79 Å². The zero-order chi connectivity index (χ0) is 22.2. The van der Waals surface area contributed by atoms with E-state index in [1.807, 2.05) is 6.07 Å². The van der Waals surface area contributed by atoms with Gasteiger partial charge in [-0.1, -0.05) is 12.2 Å². The smallest absolute Gasteiger partial charge is 0.229 e. The van der Waals surface area contributed by atoms with Crippen LogP contribution >= 0.6 is 0 Å². The summed E-state index contributed by atoms with van der Waals surface area (Å²) in [6, 6.07) is 6.38. The molecule has 4 N–H and O–H groups in total. The zero-order valence-corrected chi connectivity index (χ0v) is 18.0. The summed E-state index contributed by atoms with van der Waals surface area (Å²) in [4.78, 5) is 21.8. The Morgan fingerprint density at radius 1 is 1.26 bits per heavy atom. The van der Waals surface area contributed by atoms with Crippen molar-refractivity contribution in [2.24, 2.45) is 5.73 Å². The lowest BCUT2D eigenvalue weighted by Crippen LogP contribution is -2.44. The number of aryl methyl sites for hydroxylation is 1. The van der Waals surface area contributed by atoms with Crippen molar-refractivity contribution in [2.75, 3.05) is 48.8 Å². The van der Waals surface area contributed by atoms with Crippen LogP contribution in [0.25, 0.3) is 0 Å². The SMILES string of the molecule is Cc1cc(Nc2ncc(F)c(NC3C=CCC3)n2)ccc1N1CCN(C)CC1.NC=O. The Labute approximate surface area is 182 Å². The molecule has 166 valence electrons. The maximum absolute atomic E-state index is 14.1. The summed E-state index contributed by atoms with van der Waals surface area (Å²) < 4.78 is 14.1. The molecule has 1 unspecified atom stereocenters. The summed E-state index contributed by atoms with van der Waals surface area (Å²) >= 11 is 0. The number of carbonyl (C=O) groups is 1. The quantitative estimate of drug-likeness (QED) is 0.498. The van der Waals surface area contributed by atoms with Crippen LogP contribution in [0.5, 0.6) is 0 Å². The van der Waals surface area contributed by atoms with Crippen LogP contribution in [0.2, 0.25) is 0 Å². The number of allylic oxidation sites excluding steroid dienone is 1. The minimum absolute atomic E-state index is 0.127. The number of carbonyl (C=O) groups excluding carboxylic acids is 1. The number of likely N-dealkylation sites (N-methyl/N-ethyl adjacent to an activating group) is 1. The lowest BCUT2D eigenvalue weighted by atomic mass is 10.1. The van der Waals surface area contributed by atoms with Crippen molar-refractivity contribution in [1.82, 2.24) is 14.9 Å². The molecule has 0 bridgehead atoms. The standard InChI is InChI=1S/C21H27FN6.CH3NO/c1-15-13-17(7-8-19(15)28-11-9-27(2)10-12-28)25-21-23-14-18(22)20(26-21)24-16-5-3-4-6-16;2-1-3/h3,5,7-8,13-14,16H,4,6,9-12H2,1-2H3,(H2,23,24,25,26);1H,(H2,2,3). The number of halogens is 1. The van der Waals surface area contributed by atoms with E-state index in [9.17, 15) is 4.39 Å². The Morgan fingerprint density at radius 2 is 2.00 bits per heavy atom. The minimum Gasteiger partial charge on any atom is -0.372 e. The van der Waals surface area contributed by atoms with Gasteiger partial charge in [0.05, 0.1) is 6.20 Å². The summed E-state index contributed by atoms with van der Waals surface area (Å²) in [6.45, 7) is 6.35. The molecule has 1 saturated heterocycles. The summed E-state index contributed by atoms with van der Waals surface area (Å²) in [5.41, 5.74) is 7.52. The molecule has 31 heavy (non-hydrogen) atoms. The first-order valence-electron chi connectivity index (χ1n) is 10.4. The predicted molar refractivity (Wildman–Crippen MR) is 122 cm³/mol. The molecule has 2 aromatic rings. The summed E-state index contributed by atoms with van der Waals surface area (Å²) in [7, 11) is 2.16. The number of aromatic nitrogens is 2. The van der Waals surface area contributed by atoms with Crippen molar-refractivity contribution in [3.63, 3.8) is 0 Å². The molecule has 1 amide bonds. The second-order valence-corrected chi connectivity index (χ2v) is 7.70. The summed E-state index contributed by atoms with van der Waals surface area (Å²) in [5.74, 6) is 0.185. The molecule has 0 saturated carbocycles. The third kappa shape index (κ3) is 6.14. The van der Waals surface area contributed by atoms with Gasteiger partial charge in [-0.15, -0.1) is 0 Å². The van der Waals surface area contributed by atoms with Gasteiger partial charge in [0.25, 0.3) is 0 Å². The van der Waals surface area contributed by atoms with E-state index in [1.54, 1.807) is 0 Å². The van der Waals surface area contributed by atoms with Crippen LogP contribution in [-0.4, -0.2) is 60.5 Å². The van der Waals surface area contributed by atoms with E-state index >= 15 is 0 Å². The molecule has 1 aliphatic carbocycles. The van der Waals surface area contributed by atoms with Crippen molar-refractivity contribution in [3.05, 3.63) is 47.9 Å². The molecule has 9 heteroatoms. The number of nitrogens with one attached hydrogen (secondary N) is 2. The third-order valence-corrected chi connectivity index (χ3v) is 5.38. The van der Waals surface area contributed by atoms with Gasteiger partial charge in [-0.05, 0) is 50.6 Å². The maximum Gasteiger partial charge on any atom is 0.229 e. The van der Waals surface area contributed by atoms with Gasteiger partial charge in [-0.25, -0.2) is 9.37 Å². The van der Waals surface area contributed by atoms with Gasteiger partial charge in [0.15, 0.2) is 11.6 Å². The fraction of sp³-hybridized carbons (Fsp3) is 0.409. The lowest BCUT2D eigenvalue weighted by Gasteiger charge is -2.35. The van der Waals surface area contributed by atoms with Crippen molar-refractivity contribution in [1.29, 1.82) is 0 Å². The second-order valence-electron chi connectivity index (χ2n) is 7.70. The number of hydrogen-bond donors (Lipinski definition) is 3. The normalized spacial score (nSPS) is 18.3. The lowest BCUT2D eigenvalue weighted by molar-refractivity contribution is -0.106. The molecule has 1 aromatic heterocycles. The summed E-state index contributed by atoms with van der Waals surface area (Å²) in [6.07, 6.45) is 7.57. The summed E-state index contributed by atoms with van der Waals surface area (Å²) in [5, 5.41) is 6.34. The fourth-order valence-corrected chi connectivity index (χ4v) is 3.72. The van der Waals surface area contributed by atoms with Crippen LogP contribution in [0.1, 0.15) is 18.4 Å². The highest BCUT2D eigenvalue weighted by atomic mass is 19.1. The topological polar surface area (TPSA) is 99.4 Å². The number of nitrogens with zero attached hydrogens (tertiary/aromatic N) is 4. The number of amides is 1. The van der Waals surface area contributed by atoms with E-state index in [2.05, 4.69) is 74.4 Å². The van der Waals surface area contributed by atoms with Gasteiger partial charge in [-0.2, -0.15) is 4.98 Å². The van der Waals surface area contributed by atoms with Gasteiger partial charge < -0.3 is 26.2 Å². The van der Waals surface area contributed by atoms with E-state index in [0.29, 0.717) is 5.95 Å². The molecular formula is C22H30FN7O. The maximum atomic E-state index is 14.1. The van der Waals surface area contributed by atoms with Crippen LogP contribution < -0.4 is 21.3 Å². The Bertz CT molecular complexity index is 913. The van der Waals surface area contributed by atoms with Gasteiger partial charge in [0.1, 0.15) is 0 Å². The van der Waals surface area contributed by atoms with E-state index in [0.717, 1.165) is 44.7 Å². The van der Waals surface area contributed by atoms with E-state index in [1.165, 1.54) is 17.4 Å². The number of rotatable bonds is 5. The van der Waals surface area contributed by atoms with E-state index in [-0.39, 0.29) is 18.3 Å². The number of benzene rings is 1. The predicted octanol–water partition coefficient (Wildman–Crippen LogP) is 2.65. The first-order chi connectivity index (χ1) is 15.0. The second kappa shape index (κ2) is 10.7. The van der Waals surface area contributed by atoms with Gasteiger partial charge in [0, 0.05) is 43.6 Å². The molecule has 1 fully saturated rings. The Kier molecular flexibility index (Phi) is 7.77. The van der Waals surface area contributed by atoms with Crippen LogP contribution in [0.3, 0.4) is 0 Å². The largest absolute Gasteiger partial charge is 0.372 e. The monoisotopic (exact) mass is 427 g/mol. The van der Waals surface area contributed by atoms with Crippen molar-refractivity contribution < 1.29 is 9.18 Å². The van der Waals surface area contributed by atoms with Crippen LogP contribution in [0.15, 0.2) is 36.5 Å². The van der Waals surface area contributed by atoms with Crippen molar-refractivity contribution in [3.8, 4) is 0 Å². The number of nitrogens with two attached hydrogens (primary N) is 1. The molecule has 1 aromatic carbocycles. The van der Waals surface area contributed by atoms with Gasteiger partial charge in [-0.3, -0.25) is 4.79 Å². The molecule has 4 rings (SSSR count). The van der Waals surface area contributed by atoms with Crippen LogP contribution in [-0.2, 0) is 4.79 Å². The number of hydrogen-bond acceptors (Lipinski definition) is 7.